The van der Waals surface area contributed by atoms with Crippen molar-refractivity contribution in [1.82, 2.24) is 5.32 Å². The van der Waals surface area contributed by atoms with Crippen LogP contribution >= 0.6 is 0 Å². The number of rotatable bonds is 6. The van der Waals surface area contributed by atoms with Gasteiger partial charge in [-0.05, 0) is 0 Å². The molecule has 0 fully saturated rings. The van der Waals surface area contributed by atoms with E-state index in [2.05, 4.69) is 43.4 Å². The molecule has 2 nitrogen and oxygen atoms in total. The Hall–Kier alpha value is -1.57. The van der Waals surface area contributed by atoms with Crippen LogP contribution in [0.15, 0.2) is 60.7 Å². The Morgan fingerprint density at radius 2 is 1.57 bits per heavy atom. The van der Waals surface area contributed by atoms with Crippen molar-refractivity contribution in [2.75, 3.05) is 0 Å². The fourth-order valence-corrected chi connectivity index (χ4v) is 4.44. The summed E-state index contributed by atoms with van der Waals surface area (Å²) in [5.41, 5.74) is 0.732. The Bertz CT molecular complexity index is 554. The van der Waals surface area contributed by atoms with Gasteiger partial charge in [-0.15, -0.1) is 0 Å². The monoisotopic (exact) mass is 347 g/mol. The molecule has 110 valence electrons. The molecule has 21 heavy (non-hydrogen) atoms. The molecule has 2 rings (SSSR count). The van der Waals surface area contributed by atoms with E-state index >= 15 is 0 Å². The van der Waals surface area contributed by atoms with Gasteiger partial charge in [0.1, 0.15) is 0 Å². The Kier molecular flexibility index (Phi) is 6.03. The molecule has 0 aliphatic carbocycles. The summed E-state index contributed by atoms with van der Waals surface area (Å²) in [6.45, 7) is 4.33. The number of hydrogen-bond acceptors (Lipinski definition) is 1. The van der Waals surface area contributed by atoms with Crippen LogP contribution in [-0.4, -0.2) is 26.9 Å². The third kappa shape index (κ3) is 5.04. The van der Waals surface area contributed by atoms with Crippen molar-refractivity contribution in [1.29, 1.82) is 0 Å². The SMILES string of the molecule is CC(C)[C@H](C[Se]c1ccccc1)NC(=O)c1ccccc1. The average molecular weight is 346 g/mol. The molecule has 3 heteroatoms. The zero-order valence-corrected chi connectivity index (χ0v) is 14.2. The van der Waals surface area contributed by atoms with Crippen LogP contribution in [0, 0.1) is 5.92 Å². The molecule has 0 saturated heterocycles. The van der Waals surface area contributed by atoms with Gasteiger partial charge in [-0.1, -0.05) is 0 Å². The fourth-order valence-electron chi connectivity index (χ4n) is 1.94. The van der Waals surface area contributed by atoms with Crippen LogP contribution in [-0.2, 0) is 0 Å². The van der Waals surface area contributed by atoms with Crippen LogP contribution in [0.4, 0.5) is 0 Å². The number of carbonyl (C=O) groups is 1. The number of nitrogens with one attached hydrogen (secondary N) is 1. The van der Waals surface area contributed by atoms with Crippen LogP contribution < -0.4 is 9.78 Å². The van der Waals surface area contributed by atoms with Gasteiger partial charge < -0.3 is 0 Å². The number of amides is 1. The van der Waals surface area contributed by atoms with Gasteiger partial charge >= 0.3 is 133 Å². The Balaban J connectivity index is 1.95. The van der Waals surface area contributed by atoms with Crippen molar-refractivity contribution >= 4 is 25.3 Å². The fraction of sp³-hybridized carbons (Fsp3) is 0.278. The predicted molar refractivity (Wildman–Crippen MR) is 89.2 cm³/mol. The van der Waals surface area contributed by atoms with Crippen LogP contribution in [0.1, 0.15) is 24.2 Å². The van der Waals surface area contributed by atoms with Crippen LogP contribution in [0.2, 0.25) is 5.32 Å². The van der Waals surface area contributed by atoms with Crippen molar-refractivity contribution < 1.29 is 4.79 Å². The van der Waals surface area contributed by atoms with E-state index in [0.717, 1.165) is 10.9 Å². The van der Waals surface area contributed by atoms with Crippen molar-refractivity contribution in [3.63, 3.8) is 0 Å². The summed E-state index contributed by atoms with van der Waals surface area (Å²) in [5, 5.41) is 4.20. The molecule has 1 amide bonds. The zero-order valence-electron chi connectivity index (χ0n) is 12.5. The maximum absolute atomic E-state index is 12.3. The van der Waals surface area contributed by atoms with E-state index in [-0.39, 0.29) is 11.9 Å². The van der Waals surface area contributed by atoms with Crippen LogP contribution in [0.5, 0.6) is 0 Å². The second-order valence-electron chi connectivity index (χ2n) is 5.31. The quantitative estimate of drug-likeness (QED) is 0.801. The van der Waals surface area contributed by atoms with E-state index in [4.69, 9.17) is 0 Å². The normalized spacial score (nSPS) is 12.1. The Labute approximate surface area is 133 Å². The summed E-state index contributed by atoms with van der Waals surface area (Å²) in [6, 6.07) is 20.2. The molecule has 0 aliphatic heterocycles. The first-order valence-electron chi connectivity index (χ1n) is 7.20. The first kappa shape index (κ1) is 15.8. The summed E-state index contributed by atoms with van der Waals surface area (Å²) in [6.07, 6.45) is 0. The van der Waals surface area contributed by atoms with Gasteiger partial charge in [-0.3, -0.25) is 0 Å². The molecule has 1 atom stereocenters. The molecular weight excluding hydrogens is 325 g/mol. The van der Waals surface area contributed by atoms with Crippen molar-refractivity contribution in [2.45, 2.75) is 25.2 Å². The first-order valence-corrected chi connectivity index (χ1v) is 9.27. The molecule has 0 aromatic heterocycles. The Morgan fingerprint density at radius 1 is 1.00 bits per heavy atom. The van der Waals surface area contributed by atoms with Crippen molar-refractivity contribution in [2.24, 2.45) is 5.92 Å². The second-order valence-corrected chi connectivity index (χ2v) is 7.61. The van der Waals surface area contributed by atoms with E-state index in [1.807, 2.05) is 36.4 Å². The number of carbonyl (C=O) groups excluding carboxylic acids is 1. The van der Waals surface area contributed by atoms with E-state index in [1.54, 1.807) is 0 Å². The third-order valence-corrected chi connectivity index (χ3v) is 5.70. The molecular formula is C18H21NOSe. The van der Waals surface area contributed by atoms with Gasteiger partial charge in [-0.25, -0.2) is 0 Å². The van der Waals surface area contributed by atoms with Gasteiger partial charge in [0.05, 0.1) is 0 Å². The molecule has 0 bridgehead atoms. The zero-order chi connectivity index (χ0) is 15.1. The summed E-state index contributed by atoms with van der Waals surface area (Å²) in [4.78, 5) is 12.3. The molecule has 0 unspecified atom stereocenters. The second kappa shape index (κ2) is 8.02. The van der Waals surface area contributed by atoms with E-state index < -0.39 is 0 Å². The molecule has 2 aromatic rings. The summed E-state index contributed by atoms with van der Waals surface area (Å²) >= 11 is 0.389. The third-order valence-electron chi connectivity index (χ3n) is 3.33. The summed E-state index contributed by atoms with van der Waals surface area (Å²) < 4.78 is 1.38. The van der Waals surface area contributed by atoms with E-state index in [9.17, 15) is 4.79 Å². The average Bonchev–Trinajstić information content (AvgIpc) is 2.52. The van der Waals surface area contributed by atoms with E-state index in [0.29, 0.717) is 20.9 Å². The topological polar surface area (TPSA) is 29.1 Å². The molecule has 2 aromatic carbocycles. The van der Waals surface area contributed by atoms with Gasteiger partial charge in [0.2, 0.25) is 0 Å². The summed E-state index contributed by atoms with van der Waals surface area (Å²) in [5.74, 6) is 0.460. The minimum atomic E-state index is 0.0261. The van der Waals surface area contributed by atoms with Gasteiger partial charge in [0.15, 0.2) is 0 Å². The number of hydrogen-bond donors (Lipinski definition) is 1. The Morgan fingerprint density at radius 3 is 2.14 bits per heavy atom. The number of benzene rings is 2. The maximum atomic E-state index is 12.3. The first-order chi connectivity index (χ1) is 10.2. The van der Waals surface area contributed by atoms with Gasteiger partial charge in [-0.2, -0.15) is 0 Å². The van der Waals surface area contributed by atoms with Crippen molar-refractivity contribution in [3.05, 3.63) is 66.2 Å². The van der Waals surface area contributed by atoms with Crippen LogP contribution in [0.25, 0.3) is 0 Å². The standard InChI is InChI=1S/C18H21NOSe/c1-14(2)17(13-21-16-11-7-4-8-12-16)19-18(20)15-9-5-3-6-10-15/h3-12,14,17H,13H2,1-2H3,(H,19,20)/t17-/m0/s1. The molecule has 0 aliphatic rings. The van der Waals surface area contributed by atoms with E-state index in [1.165, 1.54) is 4.46 Å². The molecule has 0 spiro atoms. The minimum absolute atomic E-state index is 0.0261. The van der Waals surface area contributed by atoms with Crippen LogP contribution in [0.3, 0.4) is 0 Å². The molecule has 0 saturated carbocycles. The van der Waals surface area contributed by atoms with Crippen molar-refractivity contribution in [3.8, 4) is 0 Å². The van der Waals surface area contributed by atoms with Gasteiger partial charge in [0.25, 0.3) is 0 Å². The predicted octanol–water partition coefficient (Wildman–Crippen LogP) is 2.89. The molecule has 0 radical (unpaired) electrons. The molecule has 0 heterocycles. The molecule has 1 N–H and O–H groups in total. The van der Waals surface area contributed by atoms with Gasteiger partial charge in [0, 0.05) is 0 Å². The summed E-state index contributed by atoms with van der Waals surface area (Å²) in [7, 11) is 0.